The summed E-state index contributed by atoms with van der Waals surface area (Å²) >= 11 is 1.51. The van der Waals surface area contributed by atoms with Crippen LogP contribution in [0.15, 0.2) is 15.6 Å². The fourth-order valence-corrected chi connectivity index (χ4v) is 4.29. The minimum atomic E-state index is -0.214. The molecule has 0 spiro atoms. The van der Waals surface area contributed by atoms with Crippen LogP contribution in [0.2, 0.25) is 0 Å². The number of nitrogens with one attached hydrogen (secondary N) is 1. The maximum atomic E-state index is 12.6. The number of carbonyl (C=O) groups is 1. The molecule has 0 atom stereocenters. The molecule has 0 saturated carbocycles. The van der Waals surface area contributed by atoms with Crippen LogP contribution in [0.1, 0.15) is 54.4 Å². The Balaban J connectivity index is 0.00000242. The highest BCUT2D eigenvalue weighted by atomic mass is 35.5. The van der Waals surface area contributed by atoms with Crippen LogP contribution in [0.4, 0.5) is 0 Å². The summed E-state index contributed by atoms with van der Waals surface area (Å²) in [7, 11) is 0. The first-order valence-corrected chi connectivity index (χ1v) is 8.44. The van der Waals surface area contributed by atoms with Crippen molar-refractivity contribution in [2.75, 3.05) is 13.1 Å². The molecule has 0 aromatic rings. The third-order valence-corrected chi connectivity index (χ3v) is 4.79. The number of fused-ring (bicyclic) bond motifs is 1. The molecule has 2 rings (SSSR count). The van der Waals surface area contributed by atoms with Crippen LogP contribution >= 0.6 is 24.2 Å². The molecule has 22 heavy (non-hydrogen) atoms. The summed E-state index contributed by atoms with van der Waals surface area (Å²) in [4.78, 5) is 20.1. The van der Waals surface area contributed by atoms with E-state index < -0.39 is 0 Å². The van der Waals surface area contributed by atoms with Gasteiger partial charge in [0.2, 0.25) is 0 Å². The van der Waals surface area contributed by atoms with Crippen molar-refractivity contribution in [1.29, 1.82) is 0 Å². The lowest BCUT2D eigenvalue weighted by atomic mass is 9.82. The van der Waals surface area contributed by atoms with E-state index in [1.54, 1.807) is 0 Å². The fraction of sp³-hybridized carbons (Fsp3) is 0.750. The smallest absolute Gasteiger partial charge is 0.260 e. The summed E-state index contributed by atoms with van der Waals surface area (Å²) in [5.74, 6) is 0.0313. The molecule has 6 heteroatoms. The standard InChI is InChI=1S/C16H27N3OS.ClH/c1-11-12(21-14-17-8-7-9-19(11)14)13(20)18-16(5,6)10-15(2,3)4;/h7-10H2,1-6H3,(H,18,20);1H. The molecule has 0 unspecified atom stereocenters. The monoisotopic (exact) mass is 345 g/mol. The number of aliphatic imine (C=N–C) groups is 1. The third-order valence-electron chi connectivity index (χ3n) is 3.58. The van der Waals surface area contributed by atoms with Crippen LogP contribution in [0.5, 0.6) is 0 Å². The lowest BCUT2D eigenvalue weighted by Crippen LogP contribution is -2.46. The molecule has 0 aromatic heterocycles. The number of allylic oxidation sites excluding steroid dienone is 1. The summed E-state index contributed by atoms with van der Waals surface area (Å²) in [6.45, 7) is 14.6. The largest absolute Gasteiger partial charge is 0.347 e. The van der Waals surface area contributed by atoms with Crippen molar-refractivity contribution in [2.24, 2.45) is 10.4 Å². The second-order valence-corrected chi connectivity index (χ2v) is 8.74. The van der Waals surface area contributed by atoms with Crippen LogP contribution in [-0.4, -0.2) is 34.6 Å². The van der Waals surface area contributed by atoms with Crippen LogP contribution in [0, 0.1) is 5.41 Å². The average molecular weight is 346 g/mol. The Labute approximate surface area is 144 Å². The van der Waals surface area contributed by atoms with Gasteiger partial charge in [0.25, 0.3) is 5.91 Å². The number of amidine groups is 1. The molecule has 2 aliphatic rings. The summed E-state index contributed by atoms with van der Waals surface area (Å²) in [6, 6.07) is 0. The van der Waals surface area contributed by atoms with E-state index in [9.17, 15) is 4.79 Å². The van der Waals surface area contributed by atoms with Gasteiger partial charge in [-0.3, -0.25) is 9.79 Å². The van der Waals surface area contributed by atoms with Gasteiger partial charge in [0.15, 0.2) is 5.17 Å². The quantitative estimate of drug-likeness (QED) is 0.846. The minimum absolute atomic E-state index is 0. The van der Waals surface area contributed by atoms with Gasteiger partial charge in [0.05, 0.1) is 4.91 Å². The summed E-state index contributed by atoms with van der Waals surface area (Å²) < 4.78 is 0. The molecule has 0 fully saturated rings. The molecule has 2 heterocycles. The van der Waals surface area contributed by atoms with Gasteiger partial charge in [0, 0.05) is 24.3 Å². The van der Waals surface area contributed by atoms with Gasteiger partial charge >= 0.3 is 0 Å². The first-order chi connectivity index (χ1) is 9.59. The zero-order valence-electron chi connectivity index (χ0n) is 14.4. The first-order valence-electron chi connectivity index (χ1n) is 7.62. The van der Waals surface area contributed by atoms with E-state index in [2.05, 4.69) is 49.8 Å². The lowest BCUT2D eigenvalue weighted by molar-refractivity contribution is -0.118. The Hall–Kier alpha value is -0.680. The van der Waals surface area contributed by atoms with E-state index in [-0.39, 0.29) is 29.3 Å². The Kier molecular flexibility index (Phi) is 6.01. The second-order valence-electron chi connectivity index (χ2n) is 7.76. The van der Waals surface area contributed by atoms with E-state index in [0.29, 0.717) is 0 Å². The number of rotatable bonds is 3. The highest BCUT2D eigenvalue weighted by Crippen LogP contribution is 2.36. The zero-order valence-corrected chi connectivity index (χ0v) is 16.1. The average Bonchev–Trinajstić information content (AvgIpc) is 2.64. The predicted octanol–water partition coefficient (Wildman–Crippen LogP) is 3.78. The van der Waals surface area contributed by atoms with Crippen molar-refractivity contribution in [1.82, 2.24) is 10.2 Å². The van der Waals surface area contributed by atoms with E-state index in [1.807, 2.05) is 6.92 Å². The second kappa shape index (κ2) is 6.83. The van der Waals surface area contributed by atoms with Crippen LogP contribution in [0.25, 0.3) is 0 Å². The SMILES string of the molecule is CC1=C(C(=O)NC(C)(C)CC(C)(C)C)SC2=NCCCN21.Cl. The summed E-state index contributed by atoms with van der Waals surface area (Å²) in [5.41, 5.74) is 1.01. The highest BCUT2D eigenvalue weighted by Gasteiger charge is 2.34. The van der Waals surface area contributed by atoms with E-state index in [4.69, 9.17) is 0 Å². The molecule has 1 N–H and O–H groups in total. The van der Waals surface area contributed by atoms with Crippen LogP contribution in [-0.2, 0) is 4.79 Å². The molecule has 0 bridgehead atoms. The van der Waals surface area contributed by atoms with E-state index in [0.717, 1.165) is 41.7 Å². The number of amides is 1. The number of hydrogen-bond donors (Lipinski definition) is 1. The highest BCUT2D eigenvalue weighted by molar-refractivity contribution is 8.18. The molecular weight excluding hydrogens is 318 g/mol. The Morgan fingerprint density at radius 1 is 1.32 bits per heavy atom. The maximum absolute atomic E-state index is 12.6. The summed E-state index contributed by atoms with van der Waals surface area (Å²) in [5, 5.41) is 4.18. The van der Waals surface area contributed by atoms with Gasteiger partial charge in [-0.05, 0) is 50.8 Å². The van der Waals surface area contributed by atoms with Crippen molar-refractivity contribution in [2.45, 2.75) is 59.9 Å². The van der Waals surface area contributed by atoms with Crippen molar-refractivity contribution in [3.05, 3.63) is 10.6 Å². The van der Waals surface area contributed by atoms with Gasteiger partial charge in [-0.15, -0.1) is 12.4 Å². The van der Waals surface area contributed by atoms with Crippen molar-refractivity contribution in [3.8, 4) is 0 Å². The van der Waals surface area contributed by atoms with E-state index >= 15 is 0 Å². The van der Waals surface area contributed by atoms with Crippen molar-refractivity contribution < 1.29 is 4.79 Å². The lowest BCUT2D eigenvalue weighted by Gasteiger charge is -2.33. The Bertz CT molecular complexity index is 506. The number of thioether (sulfide) groups is 1. The molecular formula is C16H28ClN3OS. The molecule has 0 aromatic carbocycles. The van der Waals surface area contributed by atoms with Gasteiger partial charge in [0.1, 0.15) is 0 Å². The number of nitrogens with zero attached hydrogens (tertiary/aromatic N) is 2. The molecule has 1 amide bonds. The fourth-order valence-electron chi connectivity index (χ4n) is 3.22. The molecule has 0 radical (unpaired) electrons. The molecule has 4 nitrogen and oxygen atoms in total. The van der Waals surface area contributed by atoms with Crippen LogP contribution < -0.4 is 5.32 Å². The van der Waals surface area contributed by atoms with Gasteiger partial charge < -0.3 is 10.2 Å². The molecule has 2 aliphatic heterocycles. The van der Waals surface area contributed by atoms with Crippen molar-refractivity contribution in [3.63, 3.8) is 0 Å². The van der Waals surface area contributed by atoms with Gasteiger partial charge in [-0.1, -0.05) is 20.8 Å². The Morgan fingerprint density at radius 3 is 2.50 bits per heavy atom. The third kappa shape index (κ3) is 4.66. The normalized spacial score (nSPS) is 18.6. The van der Waals surface area contributed by atoms with E-state index in [1.165, 1.54) is 11.8 Å². The molecule has 0 saturated heterocycles. The van der Waals surface area contributed by atoms with Crippen molar-refractivity contribution >= 4 is 35.2 Å². The number of halogens is 1. The number of carbonyl (C=O) groups excluding carboxylic acids is 1. The minimum Gasteiger partial charge on any atom is -0.347 e. The van der Waals surface area contributed by atoms with Crippen LogP contribution in [0.3, 0.4) is 0 Å². The van der Waals surface area contributed by atoms with Gasteiger partial charge in [-0.2, -0.15) is 0 Å². The topological polar surface area (TPSA) is 44.7 Å². The first kappa shape index (κ1) is 19.4. The Morgan fingerprint density at radius 2 is 1.95 bits per heavy atom. The molecule has 126 valence electrons. The molecule has 0 aliphatic carbocycles. The summed E-state index contributed by atoms with van der Waals surface area (Å²) in [6.07, 6.45) is 2.00. The van der Waals surface area contributed by atoms with Gasteiger partial charge in [-0.25, -0.2) is 0 Å². The predicted molar refractivity (Wildman–Crippen MR) is 97.5 cm³/mol. The maximum Gasteiger partial charge on any atom is 0.260 e. The number of hydrogen-bond acceptors (Lipinski definition) is 4. The zero-order chi connectivity index (χ0) is 15.8.